The van der Waals surface area contributed by atoms with Crippen LogP contribution in [0.3, 0.4) is 0 Å². The van der Waals surface area contributed by atoms with Crippen LogP contribution < -0.4 is 4.74 Å². The van der Waals surface area contributed by atoms with Crippen molar-refractivity contribution < 1.29 is 37.3 Å². The lowest BCUT2D eigenvalue weighted by atomic mass is 9.99. The van der Waals surface area contributed by atoms with Crippen molar-refractivity contribution in [3.63, 3.8) is 0 Å². The Morgan fingerprint density at radius 2 is 2.00 bits per heavy atom. The van der Waals surface area contributed by atoms with E-state index in [4.69, 9.17) is 25.8 Å². The number of methoxy groups -OCH3 is 1. The molecule has 0 spiro atoms. The first-order valence-electron chi connectivity index (χ1n) is 11.9. The van der Waals surface area contributed by atoms with Crippen molar-refractivity contribution in [2.24, 2.45) is 0 Å². The summed E-state index contributed by atoms with van der Waals surface area (Å²) in [6.45, 7) is 4.94. The smallest absolute Gasteiger partial charge is 0.433 e. The lowest BCUT2D eigenvalue weighted by Crippen LogP contribution is -2.38. The third-order valence-electron chi connectivity index (χ3n) is 6.11. The van der Waals surface area contributed by atoms with Crippen molar-refractivity contribution in [2.75, 3.05) is 46.6 Å². The van der Waals surface area contributed by atoms with Crippen molar-refractivity contribution in [3.8, 4) is 28.1 Å². The van der Waals surface area contributed by atoms with Crippen LogP contribution in [0.5, 0.6) is 5.75 Å². The summed E-state index contributed by atoms with van der Waals surface area (Å²) in [5.74, 6) is -0.487. The van der Waals surface area contributed by atoms with Crippen molar-refractivity contribution in [1.29, 1.82) is 0 Å². The summed E-state index contributed by atoms with van der Waals surface area (Å²) in [5, 5.41) is 13.7. The van der Waals surface area contributed by atoms with Crippen LogP contribution in [0, 0.1) is 0 Å². The fourth-order valence-electron chi connectivity index (χ4n) is 4.36. The molecule has 1 aromatic carbocycles. The van der Waals surface area contributed by atoms with Gasteiger partial charge in [-0.2, -0.15) is 18.3 Å². The number of nitrogens with one attached hydrogen (secondary N) is 1. The summed E-state index contributed by atoms with van der Waals surface area (Å²) >= 11 is 6.66. The quantitative estimate of drug-likeness (QED) is 0.383. The van der Waals surface area contributed by atoms with Crippen molar-refractivity contribution >= 4 is 17.6 Å². The van der Waals surface area contributed by atoms with Crippen molar-refractivity contribution in [2.45, 2.75) is 25.7 Å². The maximum Gasteiger partial charge on any atom is 0.433 e. The number of aliphatic hydroxyl groups excluding tert-OH is 1. The monoisotopic (exact) mass is 556 g/mol. The lowest BCUT2D eigenvalue weighted by Gasteiger charge is -2.26. The van der Waals surface area contributed by atoms with E-state index in [1.807, 2.05) is 0 Å². The highest BCUT2D eigenvalue weighted by Gasteiger charge is 2.40. The van der Waals surface area contributed by atoms with Gasteiger partial charge in [0.05, 0.1) is 55.4 Å². The second kappa shape index (κ2) is 11.8. The molecule has 0 bridgehead atoms. The first-order chi connectivity index (χ1) is 18.1. The minimum absolute atomic E-state index is 0.134. The maximum atomic E-state index is 14.1. The summed E-state index contributed by atoms with van der Waals surface area (Å²) in [6.07, 6.45) is -3.49. The molecule has 1 saturated heterocycles. The molecule has 3 heterocycles. The molecule has 2 N–H and O–H groups in total. The van der Waals surface area contributed by atoms with Gasteiger partial charge in [-0.05, 0) is 13.0 Å². The van der Waals surface area contributed by atoms with Crippen LogP contribution in [0.4, 0.5) is 13.2 Å². The molecular weight excluding hydrogens is 529 g/mol. The minimum Gasteiger partial charge on any atom is -0.491 e. The Morgan fingerprint density at radius 1 is 1.26 bits per heavy atom. The van der Waals surface area contributed by atoms with Gasteiger partial charge in [-0.15, -0.1) is 0 Å². The van der Waals surface area contributed by atoms with Gasteiger partial charge >= 0.3 is 12.1 Å². The van der Waals surface area contributed by atoms with Crippen LogP contribution in [0.2, 0.25) is 5.02 Å². The van der Waals surface area contributed by atoms with Crippen LogP contribution in [-0.4, -0.2) is 83.4 Å². The van der Waals surface area contributed by atoms with E-state index in [0.717, 1.165) is 26.4 Å². The highest BCUT2D eigenvalue weighted by Crippen LogP contribution is 2.43. The number of morpholine rings is 1. The predicted molar refractivity (Wildman–Crippen MR) is 133 cm³/mol. The first kappa shape index (κ1) is 28.0. The molecule has 13 heteroatoms. The van der Waals surface area contributed by atoms with Gasteiger partial charge in [-0.1, -0.05) is 23.7 Å². The minimum atomic E-state index is -4.81. The molecule has 1 aliphatic rings. The van der Waals surface area contributed by atoms with Crippen LogP contribution >= 0.6 is 11.6 Å². The van der Waals surface area contributed by atoms with E-state index in [1.165, 1.54) is 13.1 Å². The molecule has 0 unspecified atom stereocenters. The zero-order valence-electron chi connectivity index (χ0n) is 20.8. The number of aromatic nitrogens is 3. The predicted octanol–water partition coefficient (Wildman–Crippen LogP) is 4.10. The summed E-state index contributed by atoms with van der Waals surface area (Å²) in [4.78, 5) is 17.9. The van der Waals surface area contributed by atoms with Crippen LogP contribution in [0.25, 0.3) is 22.4 Å². The van der Waals surface area contributed by atoms with E-state index < -0.39 is 23.9 Å². The van der Waals surface area contributed by atoms with E-state index in [9.17, 15) is 23.1 Å². The Balaban J connectivity index is 1.71. The highest BCUT2D eigenvalue weighted by atomic mass is 35.5. The van der Waals surface area contributed by atoms with Gasteiger partial charge in [0.1, 0.15) is 12.4 Å². The Morgan fingerprint density at radius 3 is 2.66 bits per heavy atom. The number of carbonyl (C=O) groups is 1. The molecule has 0 amide bonds. The van der Waals surface area contributed by atoms with Crippen LogP contribution in [0.1, 0.15) is 23.0 Å². The van der Waals surface area contributed by atoms with Gasteiger partial charge in [0.2, 0.25) is 0 Å². The molecule has 0 saturated carbocycles. The van der Waals surface area contributed by atoms with E-state index in [-0.39, 0.29) is 34.0 Å². The number of aliphatic hydroxyl groups is 1. The summed E-state index contributed by atoms with van der Waals surface area (Å²) in [7, 11) is 1.14. The topological polar surface area (TPSA) is 102 Å². The van der Waals surface area contributed by atoms with Gasteiger partial charge in [-0.25, -0.2) is 4.79 Å². The van der Waals surface area contributed by atoms with Gasteiger partial charge in [0.15, 0.2) is 5.69 Å². The average molecular weight is 557 g/mol. The maximum absolute atomic E-state index is 14.1. The fraction of sp³-hybridized carbons (Fsp3) is 0.440. The Labute approximate surface area is 222 Å². The third-order valence-corrected chi connectivity index (χ3v) is 6.50. The third kappa shape index (κ3) is 5.98. The van der Waals surface area contributed by atoms with Crippen molar-refractivity contribution in [3.05, 3.63) is 46.9 Å². The Hall–Kier alpha value is -3.06. The molecule has 2 aromatic heterocycles. The number of alkyl halides is 3. The molecule has 206 valence electrons. The number of benzene rings is 1. The molecule has 1 fully saturated rings. The number of aromatic amines is 1. The number of halogens is 4. The van der Waals surface area contributed by atoms with E-state index in [0.29, 0.717) is 42.4 Å². The summed E-state index contributed by atoms with van der Waals surface area (Å²) in [5.41, 5.74) is -1.12. The number of H-pyrrole nitrogens is 1. The molecule has 3 aromatic rings. The number of esters is 1. The summed E-state index contributed by atoms with van der Waals surface area (Å²) < 4.78 is 59.0. The van der Waals surface area contributed by atoms with E-state index in [1.54, 1.807) is 18.2 Å². The van der Waals surface area contributed by atoms with Crippen LogP contribution in [0.15, 0.2) is 30.6 Å². The SMILES string of the molecule is COC(=O)c1c(-c2cccc(OCCN3CCOCC3)c2Cl)c[nH]c1-c1cnn(C[C@H](C)O)c1C(F)(F)F. The van der Waals surface area contributed by atoms with Gasteiger partial charge in [-0.3, -0.25) is 9.58 Å². The van der Waals surface area contributed by atoms with E-state index >= 15 is 0 Å². The number of nitrogens with zero attached hydrogens (tertiary/aromatic N) is 3. The fourth-order valence-corrected chi connectivity index (χ4v) is 4.64. The number of hydrogen-bond donors (Lipinski definition) is 2. The molecule has 4 rings (SSSR count). The molecule has 0 radical (unpaired) electrons. The van der Waals surface area contributed by atoms with Crippen LogP contribution in [-0.2, 0) is 22.2 Å². The number of ether oxygens (including phenoxy) is 3. The average Bonchev–Trinajstić information content (AvgIpc) is 3.49. The summed E-state index contributed by atoms with van der Waals surface area (Å²) in [6, 6.07) is 5.00. The zero-order valence-corrected chi connectivity index (χ0v) is 21.6. The number of hydrogen-bond acceptors (Lipinski definition) is 7. The molecule has 0 aliphatic carbocycles. The normalized spacial score (nSPS) is 15.4. The lowest BCUT2D eigenvalue weighted by molar-refractivity contribution is -0.144. The Kier molecular flexibility index (Phi) is 8.66. The molecule has 38 heavy (non-hydrogen) atoms. The first-order valence-corrected chi connectivity index (χ1v) is 12.3. The second-order valence-electron chi connectivity index (χ2n) is 8.80. The molecule has 1 aliphatic heterocycles. The van der Waals surface area contributed by atoms with Crippen molar-refractivity contribution in [1.82, 2.24) is 19.7 Å². The van der Waals surface area contributed by atoms with Gasteiger partial charge < -0.3 is 24.3 Å². The standard InChI is InChI=1S/C25H28ClF3N4O5/c1-15(34)14-33-23(25(27,28)29)18(13-31-33)22-20(24(35)36-2)17(12-30-22)16-4-3-5-19(21(16)26)38-11-8-32-6-9-37-10-7-32/h3-5,12-13,15,30,34H,6-11,14H2,1-2H3/t15-/m0/s1. The largest absolute Gasteiger partial charge is 0.491 e. The van der Waals surface area contributed by atoms with Gasteiger partial charge in [0.25, 0.3) is 0 Å². The zero-order chi connectivity index (χ0) is 27.4. The van der Waals surface area contributed by atoms with E-state index in [2.05, 4.69) is 15.0 Å². The molecule has 1 atom stereocenters. The molecule has 9 nitrogen and oxygen atoms in total. The number of rotatable bonds is 9. The highest BCUT2D eigenvalue weighted by molar-refractivity contribution is 6.35. The second-order valence-corrected chi connectivity index (χ2v) is 9.18. The number of carbonyl (C=O) groups excluding carboxylic acids is 1. The molecular formula is C25H28ClF3N4O5. The van der Waals surface area contributed by atoms with Gasteiger partial charge in [0, 0.05) is 42.5 Å². The Bertz CT molecular complexity index is 1270.